The Morgan fingerprint density at radius 3 is 2.88 bits per heavy atom. The van der Waals surface area contributed by atoms with Crippen molar-refractivity contribution in [2.24, 2.45) is 5.73 Å². The molecule has 5 heteroatoms. The van der Waals surface area contributed by atoms with Crippen molar-refractivity contribution < 1.29 is 4.79 Å². The Morgan fingerprint density at radius 2 is 2.12 bits per heavy atom. The average molecular weight is 216 g/mol. The number of nitrogens with zero attached hydrogens (tertiary/aromatic N) is 2. The van der Waals surface area contributed by atoms with Crippen LogP contribution in [0.2, 0.25) is 0 Å². The maximum atomic E-state index is 11.6. The molecule has 0 saturated heterocycles. The Bertz CT molecular complexity index is 538. The molecule has 0 fully saturated rings. The summed E-state index contributed by atoms with van der Waals surface area (Å²) in [5.41, 5.74) is 12.8. The molecule has 1 aromatic heterocycles. The van der Waals surface area contributed by atoms with Crippen LogP contribution in [0.15, 0.2) is 24.4 Å². The lowest BCUT2D eigenvalue weighted by molar-refractivity contribution is 0.0985. The van der Waals surface area contributed by atoms with E-state index in [4.69, 9.17) is 11.5 Å². The lowest BCUT2D eigenvalue weighted by atomic mass is 10.1. The van der Waals surface area contributed by atoms with E-state index in [0.29, 0.717) is 35.4 Å². The van der Waals surface area contributed by atoms with Gasteiger partial charge in [-0.1, -0.05) is 0 Å². The largest absolute Gasteiger partial charge is 0.382 e. The monoisotopic (exact) mass is 216 g/mol. The second-order valence-corrected chi connectivity index (χ2v) is 3.46. The molecule has 0 amide bonds. The minimum Gasteiger partial charge on any atom is -0.382 e. The molecule has 0 spiro atoms. The van der Waals surface area contributed by atoms with Gasteiger partial charge < -0.3 is 11.5 Å². The molecular weight excluding hydrogens is 204 g/mol. The molecule has 2 aromatic rings. The topological polar surface area (TPSA) is 94.9 Å². The molecule has 0 saturated carbocycles. The highest BCUT2D eigenvalue weighted by Gasteiger charge is 2.06. The van der Waals surface area contributed by atoms with Gasteiger partial charge in [-0.15, -0.1) is 0 Å². The maximum Gasteiger partial charge on any atom is 0.164 e. The number of anilines is 1. The van der Waals surface area contributed by atoms with Crippen molar-refractivity contribution in [3.8, 4) is 0 Å². The Labute approximate surface area is 92.5 Å². The summed E-state index contributed by atoms with van der Waals surface area (Å²) in [6.07, 6.45) is 1.81. The van der Waals surface area contributed by atoms with E-state index in [1.165, 1.54) is 6.20 Å². The number of benzene rings is 1. The normalized spacial score (nSPS) is 10.6. The first kappa shape index (κ1) is 10.5. The molecule has 0 aliphatic carbocycles. The molecule has 0 atom stereocenters. The van der Waals surface area contributed by atoms with Gasteiger partial charge in [-0.05, 0) is 24.7 Å². The molecule has 82 valence electrons. The number of hydrogen-bond acceptors (Lipinski definition) is 5. The zero-order valence-corrected chi connectivity index (χ0v) is 8.68. The van der Waals surface area contributed by atoms with Crippen LogP contribution in [-0.4, -0.2) is 22.3 Å². The Kier molecular flexibility index (Phi) is 2.78. The zero-order chi connectivity index (χ0) is 11.5. The summed E-state index contributed by atoms with van der Waals surface area (Å²) in [6.45, 7) is 0.351. The molecule has 16 heavy (non-hydrogen) atoms. The molecule has 0 aliphatic heterocycles. The number of hydrogen-bond donors (Lipinski definition) is 2. The van der Waals surface area contributed by atoms with Crippen molar-refractivity contribution in [2.45, 2.75) is 6.42 Å². The smallest absolute Gasteiger partial charge is 0.164 e. The highest BCUT2D eigenvalue weighted by atomic mass is 16.1. The number of nitrogens with two attached hydrogens (primary N) is 2. The maximum absolute atomic E-state index is 11.6. The number of Topliss-reactive ketones (excluding diaryl/α,β-unsaturated/α-hetero) is 1. The third-order valence-corrected chi connectivity index (χ3v) is 2.25. The first-order valence-electron chi connectivity index (χ1n) is 4.96. The van der Waals surface area contributed by atoms with Gasteiger partial charge in [0.2, 0.25) is 0 Å². The zero-order valence-electron chi connectivity index (χ0n) is 8.68. The van der Waals surface area contributed by atoms with Gasteiger partial charge in [0.1, 0.15) is 5.82 Å². The Morgan fingerprint density at radius 1 is 1.31 bits per heavy atom. The summed E-state index contributed by atoms with van der Waals surface area (Å²) in [7, 11) is 0. The lowest BCUT2D eigenvalue weighted by Crippen LogP contribution is -2.08. The van der Waals surface area contributed by atoms with Crippen LogP contribution in [0.3, 0.4) is 0 Å². The Balaban J connectivity index is 2.44. The quantitative estimate of drug-likeness (QED) is 0.738. The van der Waals surface area contributed by atoms with Gasteiger partial charge in [-0.3, -0.25) is 9.78 Å². The van der Waals surface area contributed by atoms with Gasteiger partial charge in [-0.2, -0.15) is 0 Å². The SMILES string of the molecule is NCCC(=O)c1ccc2nc(N)cnc2c1. The fourth-order valence-electron chi connectivity index (χ4n) is 1.47. The van der Waals surface area contributed by atoms with Crippen LogP contribution < -0.4 is 11.5 Å². The third kappa shape index (κ3) is 1.99. The fourth-order valence-corrected chi connectivity index (χ4v) is 1.47. The van der Waals surface area contributed by atoms with Crippen LogP contribution in [0.5, 0.6) is 0 Å². The number of nitrogen functional groups attached to an aromatic ring is 1. The van der Waals surface area contributed by atoms with Gasteiger partial charge in [-0.25, -0.2) is 4.98 Å². The standard InChI is InChI=1S/C11H12N4O/c12-4-3-10(16)7-1-2-8-9(5-7)14-6-11(13)15-8/h1-2,5-6H,3-4,12H2,(H2,13,15). The van der Waals surface area contributed by atoms with Crippen LogP contribution in [-0.2, 0) is 0 Å². The summed E-state index contributed by atoms with van der Waals surface area (Å²) < 4.78 is 0. The summed E-state index contributed by atoms with van der Waals surface area (Å²) in [6, 6.07) is 5.16. The van der Waals surface area contributed by atoms with Crippen LogP contribution in [0.4, 0.5) is 5.82 Å². The Hall–Kier alpha value is -2.01. The minimum absolute atomic E-state index is 0.0167. The molecule has 4 N–H and O–H groups in total. The van der Waals surface area contributed by atoms with Crippen LogP contribution in [0, 0.1) is 0 Å². The van der Waals surface area contributed by atoms with E-state index in [9.17, 15) is 4.79 Å². The number of fused-ring (bicyclic) bond motifs is 1. The van der Waals surface area contributed by atoms with E-state index in [1.54, 1.807) is 18.2 Å². The van der Waals surface area contributed by atoms with Gasteiger partial charge >= 0.3 is 0 Å². The number of ketones is 1. The summed E-state index contributed by atoms with van der Waals surface area (Å²) in [4.78, 5) is 19.8. The third-order valence-electron chi connectivity index (χ3n) is 2.25. The highest BCUT2D eigenvalue weighted by molar-refractivity contribution is 5.98. The highest BCUT2D eigenvalue weighted by Crippen LogP contribution is 2.14. The van der Waals surface area contributed by atoms with Crippen molar-refractivity contribution >= 4 is 22.6 Å². The molecule has 0 unspecified atom stereocenters. The van der Waals surface area contributed by atoms with E-state index >= 15 is 0 Å². The number of rotatable bonds is 3. The van der Waals surface area contributed by atoms with Crippen molar-refractivity contribution in [2.75, 3.05) is 12.3 Å². The van der Waals surface area contributed by atoms with E-state index in [1.807, 2.05) is 0 Å². The van der Waals surface area contributed by atoms with Crippen molar-refractivity contribution in [1.82, 2.24) is 9.97 Å². The molecule has 5 nitrogen and oxygen atoms in total. The second-order valence-electron chi connectivity index (χ2n) is 3.46. The van der Waals surface area contributed by atoms with Crippen molar-refractivity contribution in [3.05, 3.63) is 30.0 Å². The number of aromatic nitrogens is 2. The fraction of sp³-hybridized carbons (Fsp3) is 0.182. The van der Waals surface area contributed by atoms with E-state index in [2.05, 4.69) is 9.97 Å². The second kappa shape index (κ2) is 4.24. The summed E-state index contributed by atoms with van der Waals surface area (Å²) in [5.74, 6) is 0.386. The molecule has 0 radical (unpaired) electrons. The molecular formula is C11H12N4O. The first-order valence-corrected chi connectivity index (χ1v) is 4.96. The van der Waals surface area contributed by atoms with E-state index in [0.717, 1.165) is 0 Å². The molecule has 0 bridgehead atoms. The van der Waals surface area contributed by atoms with Crippen molar-refractivity contribution in [3.63, 3.8) is 0 Å². The molecule has 1 heterocycles. The van der Waals surface area contributed by atoms with E-state index in [-0.39, 0.29) is 5.78 Å². The summed E-state index contributed by atoms with van der Waals surface area (Å²) in [5, 5.41) is 0. The predicted molar refractivity (Wildman–Crippen MR) is 62.0 cm³/mol. The van der Waals surface area contributed by atoms with Gasteiger partial charge in [0.15, 0.2) is 5.78 Å². The van der Waals surface area contributed by atoms with E-state index < -0.39 is 0 Å². The summed E-state index contributed by atoms with van der Waals surface area (Å²) >= 11 is 0. The molecule has 1 aromatic carbocycles. The van der Waals surface area contributed by atoms with Crippen LogP contribution in [0.25, 0.3) is 11.0 Å². The average Bonchev–Trinajstić information content (AvgIpc) is 2.28. The molecule has 2 rings (SSSR count). The molecule has 0 aliphatic rings. The lowest BCUT2D eigenvalue weighted by Gasteiger charge is -2.01. The van der Waals surface area contributed by atoms with Gasteiger partial charge in [0.05, 0.1) is 17.2 Å². The first-order chi connectivity index (χ1) is 7.70. The number of carbonyl (C=O) groups excluding carboxylic acids is 1. The van der Waals surface area contributed by atoms with Crippen LogP contribution >= 0.6 is 0 Å². The van der Waals surface area contributed by atoms with Crippen LogP contribution in [0.1, 0.15) is 16.8 Å². The predicted octanol–water partition coefficient (Wildman–Crippen LogP) is 0.743. The van der Waals surface area contributed by atoms with Gasteiger partial charge in [0, 0.05) is 12.0 Å². The minimum atomic E-state index is 0.0167. The van der Waals surface area contributed by atoms with Gasteiger partial charge in [0.25, 0.3) is 0 Å². The number of carbonyl (C=O) groups is 1. The van der Waals surface area contributed by atoms with Crippen molar-refractivity contribution in [1.29, 1.82) is 0 Å².